The van der Waals surface area contributed by atoms with Crippen LogP contribution in [0.25, 0.3) is 0 Å². The van der Waals surface area contributed by atoms with Crippen LogP contribution >= 0.6 is 11.6 Å². The third-order valence-electron chi connectivity index (χ3n) is 3.76. The molecule has 2 aromatic heterocycles. The molecule has 2 aromatic rings. The van der Waals surface area contributed by atoms with Crippen LogP contribution in [-0.2, 0) is 0 Å². The molecule has 0 amide bonds. The number of hydrogen-bond donors (Lipinski definition) is 2. The highest BCUT2D eigenvalue weighted by Gasteiger charge is 2.17. The van der Waals surface area contributed by atoms with Crippen molar-refractivity contribution in [2.45, 2.75) is 6.42 Å². The van der Waals surface area contributed by atoms with Crippen molar-refractivity contribution < 1.29 is 7.65 Å². The van der Waals surface area contributed by atoms with Gasteiger partial charge < -0.3 is 16.0 Å². The Morgan fingerprint density at radius 2 is 2.22 bits per heavy atom. The molecule has 3 rings (SSSR count). The summed E-state index contributed by atoms with van der Waals surface area (Å²) in [6.07, 6.45) is 2.47. The number of halogens is 1. The van der Waals surface area contributed by atoms with Crippen LogP contribution in [-0.4, -0.2) is 41.9 Å². The molecular formula is C16H22ClN5O. The number of rotatable bonds is 3. The Bertz CT molecular complexity index is 723. The van der Waals surface area contributed by atoms with E-state index < -0.39 is 0 Å². The van der Waals surface area contributed by atoms with Crippen molar-refractivity contribution in [1.82, 2.24) is 15.3 Å². The third-order valence-corrected chi connectivity index (χ3v) is 3.97. The van der Waals surface area contributed by atoms with Crippen molar-refractivity contribution in [2.75, 3.05) is 36.8 Å². The van der Waals surface area contributed by atoms with E-state index in [-0.39, 0.29) is 20.0 Å². The van der Waals surface area contributed by atoms with Gasteiger partial charge in [-0.15, -0.1) is 0 Å². The second kappa shape index (κ2) is 6.93. The lowest BCUT2D eigenvalue weighted by atomic mass is 10.1. The highest BCUT2D eigenvalue weighted by atomic mass is 35.5. The number of carbonyl (C=O) groups is 1. The second-order valence-corrected chi connectivity index (χ2v) is 5.82. The minimum Gasteiger partial charge on any atom is -0.383 e. The molecule has 124 valence electrons. The van der Waals surface area contributed by atoms with Crippen molar-refractivity contribution in [3.05, 3.63) is 46.7 Å². The lowest BCUT2D eigenvalue weighted by molar-refractivity contribution is 0.103. The fraction of sp³-hybridized carbons (Fsp3) is 0.312. The van der Waals surface area contributed by atoms with Gasteiger partial charge in [0, 0.05) is 28.7 Å². The summed E-state index contributed by atoms with van der Waals surface area (Å²) in [5, 5.41) is 3.72. The number of anilines is 2. The number of pyridine rings is 2. The second-order valence-electron chi connectivity index (χ2n) is 5.39. The first-order valence-electron chi connectivity index (χ1n) is 7.53. The van der Waals surface area contributed by atoms with Crippen LogP contribution in [0.5, 0.6) is 0 Å². The van der Waals surface area contributed by atoms with E-state index in [0.717, 1.165) is 38.4 Å². The molecule has 0 saturated carbocycles. The summed E-state index contributed by atoms with van der Waals surface area (Å²) in [6.45, 7) is 3.69. The van der Waals surface area contributed by atoms with Crippen LogP contribution in [0.3, 0.4) is 0 Å². The minimum absolute atomic E-state index is 0. The lowest BCUT2D eigenvalue weighted by Gasteiger charge is -2.21. The Kier molecular flexibility index (Phi) is 4.73. The number of nitrogens with zero attached hydrogens (tertiary/aromatic N) is 3. The number of nitrogens with one attached hydrogen (secondary N) is 1. The topological polar surface area (TPSA) is 84.1 Å². The fourth-order valence-corrected chi connectivity index (χ4v) is 2.73. The van der Waals surface area contributed by atoms with Crippen LogP contribution in [0.4, 0.5) is 11.6 Å². The Morgan fingerprint density at radius 3 is 3.09 bits per heavy atom. The van der Waals surface area contributed by atoms with E-state index in [4.69, 9.17) is 17.3 Å². The molecule has 1 fully saturated rings. The first kappa shape index (κ1) is 15.7. The maximum Gasteiger partial charge on any atom is 0.215 e. The van der Waals surface area contributed by atoms with Gasteiger partial charge in [-0.05, 0) is 31.2 Å². The molecule has 0 aliphatic carbocycles. The molecular weight excluding hydrogens is 314 g/mol. The van der Waals surface area contributed by atoms with Crippen LogP contribution < -0.4 is 16.0 Å². The van der Waals surface area contributed by atoms with E-state index in [9.17, 15) is 4.79 Å². The number of ketones is 1. The third kappa shape index (κ3) is 3.60. The highest BCUT2D eigenvalue weighted by molar-refractivity contribution is 6.31. The summed E-state index contributed by atoms with van der Waals surface area (Å²) < 4.78 is 0. The normalized spacial score (nSPS) is 15.3. The summed E-state index contributed by atoms with van der Waals surface area (Å²) in [7, 11) is 0. The maximum atomic E-state index is 12.7. The van der Waals surface area contributed by atoms with Gasteiger partial charge >= 0.3 is 0 Å². The molecule has 23 heavy (non-hydrogen) atoms. The largest absolute Gasteiger partial charge is 0.383 e. The molecule has 0 spiro atoms. The molecule has 1 aliphatic rings. The monoisotopic (exact) mass is 335 g/mol. The smallest absolute Gasteiger partial charge is 0.215 e. The zero-order valence-electron chi connectivity index (χ0n) is 12.6. The first-order valence-corrected chi connectivity index (χ1v) is 7.91. The number of carbonyl (C=O) groups excluding carboxylic acids is 1. The first-order chi connectivity index (χ1) is 11.1. The molecule has 3 heterocycles. The van der Waals surface area contributed by atoms with Gasteiger partial charge in [-0.2, -0.15) is 0 Å². The molecule has 7 heteroatoms. The zero-order chi connectivity index (χ0) is 16.2. The predicted molar refractivity (Wildman–Crippen MR) is 95.3 cm³/mol. The van der Waals surface area contributed by atoms with Crippen molar-refractivity contribution in [2.24, 2.45) is 0 Å². The summed E-state index contributed by atoms with van der Waals surface area (Å²) >= 11 is 5.91. The summed E-state index contributed by atoms with van der Waals surface area (Å²) in [4.78, 5) is 23.3. The van der Waals surface area contributed by atoms with Crippen LogP contribution in [0.15, 0.2) is 30.5 Å². The molecule has 0 radical (unpaired) electrons. The van der Waals surface area contributed by atoms with E-state index in [1.807, 2.05) is 12.1 Å². The minimum atomic E-state index is -0.271. The van der Waals surface area contributed by atoms with E-state index in [1.165, 1.54) is 12.3 Å². The van der Waals surface area contributed by atoms with Gasteiger partial charge in [0.05, 0.1) is 10.6 Å². The van der Waals surface area contributed by atoms with Crippen molar-refractivity contribution in [3.63, 3.8) is 0 Å². The standard InChI is InChI=1S/C16H18ClN5O.2H2/c17-11-9-12(16(18)20-10-11)15(23)13-3-1-4-14(21-13)22-7-2-5-19-6-8-22;;/h1,3-4,9-10,19H,2,5-8H2,(H2,18,20);2*1H. The van der Waals surface area contributed by atoms with Gasteiger partial charge in [0.15, 0.2) is 0 Å². The summed E-state index contributed by atoms with van der Waals surface area (Å²) in [6, 6.07) is 6.96. The molecule has 1 aliphatic heterocycles. The van der Waals surface area contributed by atoms with E-state index in [0.29, 0.717) is 10.7 Å². The van der Waals surface area contributed by atoms with Crippen molar-refractivity contribution in [1.29, 1.82) is 0 Å². The van der Waals surface area contributed by atoms with Gasteiger partial charge in [-0.25, -0.2) is 9.97 Å². The van der Waals surface area contributed by atoms with Crippen molar-refractivity contribution >= 4 is 29.0 Å². The van der Waals surface area contributed by atoms with Crippen LogP contribution in [0.2, 0.25) is 5.02 Å². The SMILES string of the molecule is Nc1ncc(Cl)cc1C(=O)c1cccc(N2CCCNCC2)n1.[HH].[HH]. The van der Waals surface area contributed by atoms with Gasteiger partial charge in [-0.3, -0.25) is 4.79 Å². The Balaban J connectivity index is 0.00000156. The molecule has 1 saturated heterocycles. The fourth-order valence-electron chi connectivity index (χ4n) is 2.57. The maximum absolute atomic E-state index is 12.7. The molecule has 0 unspecified atom stereocenters. The van der Waals surface area contributed by atoms with Crippen molar-refractivity contribution in [3.8, 4) is 0 Å². The van der Waals surface area contributed by atoms with Crippen LogP contribution in [0, 0.1) is 0 Å². The zero-order valence-corrected chi connectivity index (χ0v) is 13.4. The number of aromatic nitrogens is 2. The summed E-state index contributed by atoms with van der Waals surface area (Å²) in [5.74, 6) is 0.686. The Labute approximate surface area is 142 Å². The van der Waals surface area contributed by atoms with E-state index in [2.05, 4.69) is 20.2 Å². The van der Waals surface area contributed by atoms with Gasteiger partial charge in [0.25, 0.3) is 0 Å². The molecule has 0 bridgehead atoms. The number of nitrogens with two attached hydrogens (primary N) is 1. The predicted octanol–water partition coefficient (Wildman–Crippen LogP) is 2.23. The molecule has 0 atom stereocenters. The molecule has 6 nitrogen and oxygen atoms in total. The van der Waals surface area contributed by atoms with E-state index >= 15 is 0 Å². The summed E-state index contributed by atoms with van der Waals surface area (Å²) in [5.41, 5.74) is 6.41. The average Bonchev–Trinajstić information content (AvgIpc) is 2.86. The molecule has 3 N–H and O–H groups in total. The quantitative estimate of drug-likeness (QED) is 0.837. The van der Waals surface area contributed by atoms with Gasteiger partial charge in [0.1, 0.15) is 17.3 Å². The van der Waals surface area contributed by atoms with Gasteiger partial charge in [-0.1, -0.05) is 17.7 Å². The molecule has 0 aromatic carbocycles. The Hall–Kier alpha value is -2.18. The Morgan fingerprint density at radius 1 is 1.35 bits per heavy atom. The number of nitrogen functional groups attached to an aromatic ring is 1. The highest BCUT2D eigenvalue weighted by Crippen LogP contribution is 2.20. The number of hydrogen-bond acceptors (Lipinski definition) is 6. The average molecular weight is 336 g/mol. The van der Waals surface area contributed by atoms with Gasteiger partial charge in [0.2, 0.25) is 5.78 Å². The van der Waals surface area contributed by atoms with Crippen LogP contribution in [0.1, 0.15) is 25.3 Å². The lowest BCUT2D eigenvalue weighted by Crippen LogP contribution is -2.29. The van der Waals surface area contributed by atoms with E-state index in [1.54, 1.807) is 6.07 Å².